The van der Waals surface area contributed by atoms with Crippen molar-refractivity contribution in [3.8, 4) is 0 Å². The highest BCUT2D eigenvalue weighted by Crippen LogP contribution is 2.32. The van der Waals surface area contributed by atoms with Crippen molar-refractivity contribution in [3.63, 3.8) is 0 Å². The highest BCUT2D eigenvalue weighted by atomic mass is 16.5. The third kappa shape index (κ3) is 3.93. The van der Waals surface area contributed by atoms with E-state index < -0.39 is 11.6 Å². The molecule has 0 spiro atoms. The van der Waals surface area contributed by atoms with E-state index in [1.54, 1.807) is 0 Å². The lowest BCUT2D eigenvalue weighted by molar-refractivity contribution is -0.144. The quantitative estimate of drug-likeness (QED) is 0.687. The first-order valence-corrected chi connectivity index (χ1v) is 7.81. The van der Waals surface area contributed by atoms with Gasteiger partial charge in [0.05, 0.1) is 17.6 Å². The van der Waals surface area contributed by atoms with Gasteiger partial charge in [-0.1, -0.05) is 6.92 Å². The minimum Gasteiger partial charge on any atom is -0.481 e. The van der Waals surface area contributed by atoms with E-state index in [0.29, 0.717) is 44.2 Å². The van der Waals surface area contributed by atoms with Crippen LogP contribution in [0, 0.1) is 11.8 Å². The second-order valence-electron chi connectivity index (χ2n) is 6.33. The Kier molecular flexibility index (Phi) is 5.41. The first kappa shape index (κ1) is 15.7. The fourth-order valence-corrected chi connectivity index (χ4v) is 3.45. The van der Waals surface area contributed by atoms with Crippen molar-refractivity contribution in [2.45, 2.75) is 57.2 Å². The summed E-state index contributed by atoms with van der Waals surface area (Å²) in [5, 5.41) is 22.8. The average Bonchev–Trinajstić information content (AvgIpc) is 2.86. The van der Waals surface area contributed by atoms with Crippen molar-refractivity contribution in [3.05, 3.63) is 0 Å². The fraction of sp³-hybridized carbons (Fsp3) is 0.933. The van der Waals surface area contributed by atoms with Gasteiger partial charge in [-0.25, -0.2) is 0 Å². The van der Waals surface area contributed by atoms with Crippen LogP contribution in [0.4, 0.5) is 0 Å². The van der Waals surface area contributed by atoms with Gasteiger partial charge in [-0.05, 0) is 44.4 Å². The van der Waals surface area contributed by atoms with E-state index in [0.717, 1.165) is 26.0 Å². The average molecular weight is 285 g/mol. The van der Waals surface area contributed by atoms with Gasteiger partial charge in [0.2, 0.25) is 0 Å². The third-order valence-electron chi connectivity index (χ3n) is 4.87. The number of rotatable bonds is 6. The SMILES string of the molecule is CCC1OCCC1CNCC1(O)CCC(C(=O)O)CC1. The van der Waals surface area contributed by atoms with Gasteiger partial charge in [0.25, 0.3) is 0 Å². The number of nitrogens with one attached hydrogen (secondary N) is 1. The monoisotopic (exact) mass is 285 g/mol. The number of hydrogen-bond acceptors (Lipinski definition) is 4. The standard InChI is InChI=1S/C15H27NO4/c1-2-13-12(5-8-20-13)9-16-10-15(19)6-3-11(4-7-15)14(17)18/h11-13,16,19H,2-10H2,1H3,(H,17,18). The summed E-state index contributed by atoms with van der Waals surface area (Å²) in [7, 11) is 0. The Hall–Kier alpha value is -0.650. The zero-order valence-corrected chi connectivity index (χ0v) is 12.3. The highest BCUT2D eigenvalue weighted by molar-refractivity contribution is 5.70. The molecular weight excluding hydrogens is 258 g/mol. The van der Waals surface area contributed by atoms with Gasteiger partial charge < -0.3 is 20.3 Å². The minimum atomic E-state index is -0.729. The number of ether oxygens (including phenoxy) is 1. The zero-order valence-electron chi connectivity index (χ0n) is 12.3. The summed E-state index contributed by atoms with van der Waals surface area (Å²) < 4.78 is 5.66. The van der Waals surface area contributed by atoms with Crippen molar-refractivity contribution in [1.82, 2.24) is 5.32 Å². The molecule has 5 nitrogen and oxygen atoms in total. The number of carboxylic acid groups (broad SMARTS) is 1. The van der Waals surface area contributed by atoms with E-state index in [-0.39, 0.29) is 5.92 Å². The van der Waals surface area contributed by atoms with Crippen LogP contribution in [0.15, 0.2) is 0 Å². The van der Waals surface area contributed by atoms with Gasteiger partial charge in [-0.3, -0.25) is 4.79 Å². The Morgan fingerprint density at radius 1 is 1.35 bits per heavy atom. The molecule has 1 aliphatic heterocycles. The molecule has 5 heteroatoms. The predicted molar refractivity (Wildman–Crippen MR) is 75.6 cm³/mol. The fourth-order valence-electron chi connectivity index (χ4n) is 3.45. The molecule has 0 aromatic carbocycles. The van der Waals surface area contributed by atoms with Gasteiger partial charge in [0, 0.05) is 19.7 Å². The van der Waals surface area contributed by atoms with Gasteiger partial charge in [-0.15, -0.1) is 0 Å². The number of carboxylic acids is 1. The van der Waals surface area contributed by atoms with Crippen LogP contribution in [0.2, 0.25) is 0 Å². The summed E-state index contributed by atoms with van der Waals surface area (Å²) in [5.74, 6) is -0.462. The largest absolute Gasteiger partial charge is 0.481 e. The molecule has 20 heavy (non-hydrogen) atoms. The van der Waals surface area contributed by atoms with E-state index in [4.69, 9.17) is 9.84 Å². The van der Waals surface area contributed by atoms with E-state index in [1.165, 1.54) is 0 Å². The zero-order chi connectivity index (χ0) is 14.6. The molecule has 2 fully saturated rings. The lowest BCUT2D eigenvalue weighted by Crippen LogP contribution is -2.46. The van der Waals surface area contributed by atoms with Crippen LogP contribution in [-0.2, 0) is 9.53 Å². The van der Waals surface area contributed by atoms with Crippen molar-refractivity contribution in [2.75, 3.05) is 19.7 Å². The normalized spacial score (nSPS) is 38.0. The van der Waals surface area contributed by atoms with Gasteiger partial charge in [-0.2, -0.15) is 0 Å². The maximum Gasteiger partial charge on any atom is 0.306 e. The summed E-state index contributed by atoms with van der Waals surface area (Å²) in [6.07, 6.45) is 4.79. The summed E-state index contributed by atoms with van der Waals surface area (Å²) in [6, 6.07) is 0. The van der Waals surface area contributed by atoms with Crippen LogP contribution < -0.4 is 5.32 Å². The first-order valence-electron chi connectivity index (χ1n) is 7.81. The second-order valence-corrected chi connectivity index (χ2v) is 6.33. The van der Waals surface area contributed by atoms with Crippen LogP contribution >= 0.6 is 0 Å². The van der Waals surface area contributed by atoms with Crippen LogP contribution in [0.3, 0.4) is 0 Å². The Balaban J connectivity index is 1.70. The topological polar surface area (TPSA) is 78.8 Å². The number of hydrogen-bond donors (Lipinski definition) is 3. The third-order valence-corrected chi connectivity index (χ3v) is 4.87. The summed E-state index contributed by atoms with van der Waals surface area (Å²) in [6.45, 7) is 4.43. The molecule has 2 unspecified atom stereocenters. The molecule has 0 aromatic rings. The number of aliphatic carboxylic acids is 1. The van der Waals surface area contributed by atoms with E-state index in [9.17, 15) is 9.90 Å². The van der Waals surface area contributed by atoms with Crippen LogP contribution in [0.5, 0.6) is 0 Å². The van der Waals surface area contributed by atoms with Crippen LogP contribution in [0.25, 0.3) is 0 Å². The molecule has 2 atom stereocenters. The minimum absolute atomic E-state index is 0.275. The molecule has 1 saturated heterocycles. The Labute approximate surface area is 120 Å². The lowest BCUT2D eigenvalue weighted by Gasteiger charge is -2.35. The molecule has 0 amide bonds. The Morgan fingerprint density at radius 2 is 2.05 bits per heavy atom. The van der Waals surface area contributed by atoms with E-state index >= 15 is 0 Å². The molecule has 1 heterocycles. The Morgan fingerprint density at radius 3 is 2.65 bits per heavy atom. The molecule has 116 valence electrons. The Bertz CT molecular complexity index is 326. The van der Waals surface area contributed by atoms with Gasteiger partial charge >= 0.3 is 5.97 Å². The first-order chi connectivity index (χ1) is 9.54. The predicted octanol–water partition coefficient (Wildman–Crippen LogP) is 1.40. The maximum absolute atomic E-state index is 10.9. The lowest BCUT2D eigenvalue weighted by atomic mass is 9.78. The van der Waals surface area contributed by atoms with Crippen LogP contribution in [-0.4, -0.2) is 47.6 Å². The second kappa shape index (κ2) is 6.87. The van der Waals surface area contributed by atoms with Crippen molar-refractivity contribution in [2.24, 2.45) is 11.8 Å². The molecule has 0 radical (unpaired) electrons. The molecule has 3 N–H and O–H groups in total. The molecule has 2 rings (SSSR count). The molecular formula is C15H27NO4. The van der Waals surface area contributed by atoms with Crippen LogP contribution in [0.1, 0.15) is 45.4 Å². The molecule has 0 bridgehead atoms. The van der Waals surface area contributed by atoms with Crippen molar-refractivity contribution >= 4 is 5.97 Å². The van der Waals surface area contributed by atoms with Crippen molar-refractivity contribution in [1.29, 1.82) is 0 Å². The van der Waals surface area contributed by atoms with Gasteiger partial charge in [0.1, 0.15) is 0 Å². The smallest absolute Gasteiger partial charge is 0.306 e. The van der Waals surface area contributed by atoms with Crippen molar-refractivity contribution < 1.29 is 19.7 Å². The van der Waals surface area contributed by atoms with Gasteiger partial charge in [0.15, 0.2) is 0 Å². The number of carbonyl (C=O) groups is 1. The molecule has 0 aromatic heterocycles. The number of aliphatic hydroxyl groups is 1. The molecule has 1 aliphatic carbocycles. The highest BCUT2D eigenvalue weighted by Gasteiger charge is 2.36. The maximum atomic E-state index is 10.9. The van der Waals surface area contributed by atoms with E-state index in [2.05, 4.69) is 12.2 Å². The molecule has 2 aliphatic rings. The summed E-state index contributed by atoms with van der Waals surface area (Å²) in [5.41, 5.74) is -0.729. The molecule has 1 saturated carbocycles. The van der Waals surface area contributed by atoms with E-state index in [1.807, 2.05) is 0 Å². The summed E-state index contributed by atoms with van der Waals surface area (Å²) in [4.78, 5) is 10.9. The summed E-state index contributed by atoms with van der Waals surface area (Å²) >= 11 is 0.